The summed E-state index contributed by atoms with van der Waals surface area (Å²) in [5, 5.41) is 2.14. The molecule has 0 radical (unpaired) electrons. The second kappa shape index (κ2) is 6.37. The fourth-order valence-corrected chi connectivity index (χ4v) is 3.26. The van der Waals surface area contributed by atoms with Crippen molar-refractivity contribution in [2.24, 2.45) is 0 Å². The largest absolute Gasteiger partial charge is 0.375 e. The number of nitrogens with zero attached hydrogens (tertiary/aromatic N) is 1. The molecule has 3 rings (SSSR count). The van der Waals surface area contributed by atoms with E-state index >= 15 is 0 Å². The van der Waals surface area contributed by atoms with Gasteiger partial charge in [-0.3, -0.25) is 0 Å². The zero-order valence-electron chi connectivity index (χ0n) is 12.0. The minimum atomic E-state index is 0.695. The third kappa shape index (κ3) is 3.17. The minimum absolute atomic E-state index is 0.695. The lowest BCUT2D eigenvalue weighted by atomic mass is 9.96. The van der Waals surface area contributed by atoms with Crippen LogP contribution in [0.4, 0.5) is 0 Å². The van der Waals surface area contributed by atoms with Crippen molar-refractivity contribution in [3.05, 3.63) is 80.9 Å². The summed E-state index contributed by atoms with van der Waals surface area (Å²) in [5.41, 5.74) is 4.07. The highest BCUT2D eigenvalue weighted by Crippen LogP contribution is 2.37. The molecule has 0 spiro atoms. The van der Waals surface area contributed by atoms with Gasteiger partial charge in [0.15, 0.2) is 0 Å². The summed E-state index contributed by atoms with van der Waals surface area (Å²) in [5.74, 6) is 0. The van der Waals surface area contributed by atoms with E-state index in [9.17, 15) is 0 Å². The molecule has 22 heavy (non-hydrogen) atoms. The lowest BCUT2D eigenvalue weighted by molar-refractivity contribution is 0.514. The van der Waals surface area contributed by atoms with Gasteiger partial charge < -0.3 is 4.90 Å². The lowest BCUT2D eigenvalue weighted by Gasteiger charge is -2.26. The van der Waals surface area contributed by atoms with E-state index in [1.165, 1.54) is 0 Å². The molecule has 4 heteroatoms. The zero-order chi connectivity index (χ0) is 15.7. The van der Waals surface area contributed by atoms with Gasteiger partial charge in [0.05, 0.1) is 5.03 Å². The minimum Gasteiger partial charge on any atom is -0.375 e. The fourth-order valence-electron chi connectivity index (χ4n) is 2.56. The number of benzene rings is 2. The van der Waals surface area contributed by atoms with E-state index in [-0.39, 0.29) is 0 Å². The molecule has 0 saturated heterocycles. The van der Waals surface area contributed by atoms with Gasteiger partial charge in [0.2, 0.25) is 0 Å². The van der Waals surface area contributed by atoms with E-state index in [1.807, 2.05) is 61.8 Å². The molecule has 1 aliphatic heterocycles. The monoisotopic (exact) mass is 349 g/mol. The molecule has 0 atom stereocenters. The molecule has 0 amide bonds. The summed E-state index contributed by atoms with van der Waals surface area (Å²) in [6.07, 6.45) is 2.04. The number of halogens is 3. The fraction of sp³-hybridized carbons (Fsp3) is 0.111. The molecule has 0 saturated carbocycles. The van der Waals surface area contributed by atoms with Gasteiger partial charge in [-0.1, -0.05) is 59.1 Å². The van der Waals surface area contributed by atoms with E-state index in [0.717, 1.165) is 33.9 Å². The number of hydrogen-bond donors (Lipinski definition) is 0. The van der Waals surface area contributed by atoms with Gasteiger partial charge in [0.25, 0.3) is 0 Å². The van der Waals surface area contributed by atoms with Crippen LogP contribution in [-0.2, 0) is 0 Å². The zero-order valence-corrected chi connectivity index (χ0v) is 14.3. The van der Waals surface area contributed by atoms with Gasteiger partial charge in [-0.05, 0) is 41.0 Å². The van der Waals surface area contributed by atoms with E-state index in [4.69, 9.17) is 34.8 Å². The predicted octanol–water partition coefficient (Wildman–Crippen LogP) is 5.93. The Kier molecular flexibility index (Phi) is 4.49. The molecule has 112 valence electrons. The first kappa shape index (κ1) is 15.5. The number of allylic oxidation sites excluding steroid dienone is 2. The Bertz CT molecular complexity index is 777. The SMILES string of the molecule is CN1C=C(c2cccc(Cl)c2)C(Cl)=C(c2cccc(Cl)c2)C1. The van der Waals surface area contributed by atoms with Crippen molar-refractivity contribution in [2.75, 3.05) is 13.6 Å². The smallest absolute Gasteiger partial charge is 0.0554 e. The van der Waals surface area contributed by atoms with Gasteiger partial charge in [0.1, 0.15) is 0 Å². The summed E-state index contributed by atoms with van der Waals surface area (Å²) in [6.45, 7) is 0.739. The standard InChI is InChI=1S/C18H14Cl3N/c1-22-10-16(12-4-2-6-14(19)8-12)18(21)17(11-22)13-5-3-7-15(20)9-13/h2-10H,11H2,1H3. The van der Waals surface area contributed by atoms with Gasteiger partial charge in [-0.15, -0.1) is 0 Å². The topological polar surface area (TPSA) is 3.24 Å². The molecular weight excluding hydrogens is 337 g/mol. The van der Waals surface area contributed by atoms with Crippen molar-refractivity contribution in [2.45, 2.75) is 0 Å². The normalized spacial score (nSPS) is 15.1. The van der Waals surface area contributed by atoms with Crippen molar-refractivity contribution in [3.8, 4) is 0 Å². The highest BCUT2D eigenvalue weighted by atomic mass is 35.5. The average Bonchev–Trinajstić information content (AvgIpc) is 2.49. The molecule has 0 unspecified atom stereocenters. The summed E-state index contributed by atoms with van der Waals surface area (Å²) < 4.78 is 0. The van der Waals surface area contributed by atoms with E-state index in [1.54, 1.807) is 0 Å². The first-order chi connectivity index (χ1) is 10.5. The molecule has 0 aliphatic carbocycles. The van der Waals surface area contributed by atoms with E-state index in [2.05, 4.69) is 4.90 Å². The van der Waals surface area contributed by atoms with Gasteiger partial charge in [-0.25, -0.2) is 0 Å². The van der Waals surface area contributed by atoms with E-state index in [0.29, 0.717) is 10.0 Å². The molecule has 1 nitrogen and oxygen atoms in total. The molecule has 0 bridgehead atoms. The maximum atomic E-state index is 6.69. The summed E-state index contributed by atoms with van der Waals surface area (Å²) >= 11 is 18.9. The van der Waals surface area contributed by atoms with Crippen molar-refractivity contribution in [3.63, 3.8) is 0 Å². The quantitative estimate of drug-likeness (QED) is 0.649. The number of hydrogen-bond acceptors (Lipinski definition) is 1. The average molecular weight is 351 g/mol. The van der Waals surface area contributed by atoms with Crippen LogP contribution in [-0.4, -0.2) is 18.5 Å². The molecule has 1 heterocycles. The van der Waals surface area contributed by atoms with Crippen LogP contribution in [0.5, 0.6) is 0 Å². The second-order valence-electron chi connectivity index (χ2n) is 5.27. The van der Waals surface area contributed by atoms with Gasteiger partial charge in [-0.2, -0.15) is 0 Å². The van der Waals surface area contributed by atoms with Crippen LogP contribution in [0.2, 0.25) is 10.0 Å². The Labute approximate surface area is 145 Å². The van der Waals surface area contributed by atoms with Crippen LogP contribution in [0.1, 0.15) is 11.1 Å². The van der Waals surface area contributed by atoms with Crippen molar-refractivity contribution >= 4 is 45.9 Å². The molecular formula is C18H14Cl3N. The lowest BCUT2D eigenvalue weighted by Crippen LogP contribution is -2.19. The molecule has 2 aromatic rings. The number of likely N-dealkylation sites (N-methyl/N-ethyl adjacent to an activating group) is 1. The third-order valence-electron chi connectivity index (χ3n) is 3.57. The third-order valence-corrected chi connectivity index (χ3v) is 4.47. The Morgan fingerprint density at radius 3 is 2.09 bits per heavy atom. The van der Waals surface area contributed by atoms with Crippen molar-refractivity contribution in [1.29, 1.82) is 0 Å². The highest BCUT2D eigenvalue weighted by molar-refractivity contribution is 6.40. The molecule has 1 aliphatic rings. The van der Waals surface area contributed by atoms with Gasteiger partial charge in [0, 0.05) is 35.4 Å². The van der Waals surface area contributed by atoms with E-state index < -0.39 is 0 Å². The van der Waals surface area contributed by atoms with Crippen molar-refractivity contribution < 1.29 is 0 Å². The first-order valence-electron chi connectivity index (χ1n) is 6.87. The maximum absolute atomic E-state index is 6.69. The Balaban J connectivity index is 2.11. The van der Waals surface area contributed by atoms with Crippen LogP contribution >= 0.6 is 34.8 Å². The maximum Gasteiger partial charge on any atom is 0.0554 e. The summed E-state index contributed by atoms with van der Waals surface area (Å²) in [4.78, 5) is 2.11. The van der Waals surface area contributed by atoms with Crippen molar-refractivity contribution in [1.82, 2.24) is 4.90 Å². The molecule has 0 fully saturated rings. The summed E-state index contributed by atoms with van der Waals surface area (Å²) in [7, 11) is 2.03. The van der Waals surface area contributed by atoms with Crippen LogP contribution in [0.25, 0.3) is 11.1 Å². The predicted molar refractivity (Wildman–Crippen MR) is 96.3 cm³/mol. The van der Waals surface area contributed by atoms with Crippen LogP contribution in [0.15, 0.2) is 59.8 Å². The number of rotatable bonds is 2. The van der Waals surface area contributed by atoms with Gasteiger partial charge >= 0.3 is 0 Å². The second-order valence-corrected chi connectivity index (χ2v) is 6.52. The van der Waals surface area contributed by atoms with Crippen LogP contribution < -0.4 is 0 Å². The Morgan fingerprint density at radius 1 is 0.864 bits per heavy atom. The first-order valence-corrected chi connectivity index (χ1v) is 8.01. The van der Waals surface area contributed by atoms with Crippen LogP contribution in [0, 0.1) is 0 Å². The Hall–Kier alpha value is -1.41. The molecule has 2 aromatic carbocycles. The Morgan fingerprint density at radius 2 is 1.45 bits per heavy atom. The highest BCUT2D eigenvalue weighted by Gasteiger charge is 2.20. The molecule has 0 N–H and O–H groups in total. The van der Waals surface area contributed by atoms with Crippen LogP contribution in [0.3, 0.4) is 0 Å². The summed E-state index contributed by atoms with van der Waals surface area (Å²) in [6, 6.07) is 15.5. The molecule has 0 aromatic heterocycles.